The lowest BCUT2D eigenvalue weighted by molar-refractivity contribution is -0.105. The minimum atomic E-state index is -0.192. The van der Waals surface area contributed by atoms with Crippen molar-refractivity contribution in [1.29, 1.82) is 0 Å². The van der Waals surface area contributed by atoms with Crippen molar-refractivity contribution in [2.75, 3.05) is 0 Å². The molecule has 0 unspecified atom stereocenters. The van der Waals surface area contributed by atoms with E-state index >= 15 is 0 Å². The molecule has 0 aromatic heterocycles. The number of hydrogen-bond acceptors (Lipinski definition) is 3. The van der Waals surface area contributed by atoms with E-state index in [0.717, 1.165) is 0 Å². The third-order valence-corrected chi connectivity index (χ3v) is 1.77. The van der Waals surface area contributed by atoms with E-state index < -0.39 is 0 Å². The van der Waals surface area contributed by atoms with E-state index in [4.69, 9.17) is 10.2 Å². The first-order chi connectivity index (χ1) is 6.09. The molecule has 0 aliphatic heterocycles. The molecular weight excluding hydrogens is 283 g/mol. The Hall–Kier alpha value is -1.04. The summed E-state index contributed by atoms with van der Waals surface area (Å²) in [4.78, 5) is 10.6. The largest absolute Gasteiger partial charge is 0.504 e. The summed E-state index contributed by atoms with van der Waals surface area (Å²) in [5, 5.41) is 18.1. The van der Waals surface area contributed by atoms with Gasteiger partial charge in [-0.3, -0.25) is 4.79 Å². The molecule has 3 nitrogen and oxygen atoms in total. The van der Waals surface area contributed by atoms with Crippen LogP contribution in [0.2, 0.25) is 0 Å². The summed E-state index contributed by atoms with van der Waals surface area (Å²) in [5.41, 5.74) is 0.667. The Bertz CT molecular complexity index is 358. The van der Waals surface area contributed by atoms with Gasteiger partial charge in [0.05, 0.1) is 0 Å². The molecule has 1 rings (SSSR count). The Balaban J connectivity index is 2.92. The molecule has 13 heavy (non-hydrogen) atoms. The number of rotatable bonds is 2. The molecule has 0 aliphatic carbocycles. The van der Waals surface area contributed by atoms with Crippen LogP contribution in [0.25, 0.3) is 6.08 Å². The van der Waals surface area contributed by atoms with E-state index in [-0.39, 0.29) is 15.3 Å². The lowest BCUT2D eigenvalue weighted by Gasteiger charge is -1.97. The first-order valence-electron chi connectivity index (χ1n) is 3.49. The van der Waals surface area contributed by atoms with Crippen LogP contribution >= 0.6 is 22.6 Å². The number of carbonyl (C=O) groups is 1. The van der Waals surface area contributed by atoms with Crippen molar-refractivity contribution >= 4 is 32.5 Å². The lowest BCUT2D eigenvalue weighted by Crippen LogP contribution is -1.76. The number of aromatic hydroxyl groups is 2. The summed E-state index contributed by atoms with van der Waals surface area (Å²) in [6.45, 7) is 0. The van der Waals surface area contributed by atoms with Crippen molar-refractivity contribution in [3.63, 3.8) is 0 Å². The number of phenols is 2. The Morgan fingerprint density at radius 3 is 2.54 bits per heavy atom. The van der Waals surface area contributed by atoms with E-state index in [0.29, 0.717) is 5.56 Å². The summed E-state index contributed by atoms with van der Waals surface area (Å²) in [6.07, 6.45) is 2.94. The van der Waals surface area contributed by atoms with Crippen molar-refractivity contribution in [3.8, 4) is 11.5 Å². The average Bonchev–Trinajstić information content (AvgIpc) is 2.07. The molecule has 0 bridgehead atoms. The molecule has 0 radical (unpaired) electrons. The van der Waals surface area contributed by atoms with Crippen molar-refractivity contribution in [1.82, 2.24) is 0 Å². The second-order valence-corrected chi connectivity index (χ2v) is 3.45. The maximum absolute atomic E-state index is 10.6. The summed E-state index contributed by atoms with van der Waals surface area (Å²) >= 11 is 1.65. The highest BCUT2D eigenvalue weighted by Crippen LogP contribution is 2.25. The van der Waals surface area contributed by atoms with Crippen LogP contribution in [0.3, 0.4) is 0 Å². The molecule has 68 valence electrons. The standard InChI is InChI=1S/C9H7IO3/c10-9(13)4-2-6-1-3-7(11)8(12)5-6/h1-5,11-12H/b4-2+. The number of hydrogen-bond donors (Lipinski definition) is 2. The maximum atomic E-state index is 10.6. The number of benzene rings is 1. The maximum Gasteiger partial charge on any atom is 0.215 e. The van der Waals surface area contributed by atoms with Crippen LogP contribution < -0.4 is 0 Å². The zero-order valence-electron chi connectivity index (χ0n) is 6.57. The van der Waals surface area contributed by atoms with Crippen LogP contribution in [0, 0.1) is 0 Å². The van der Waals surface area contributed by atoms with Crippen LogP contribution in [0.5, 0.6) is 11.5 Å². The van der Waals surface area contributed by atoms with E-state index in [1.54, 1.807) is 34.7 Å². The smallest absolute Gasteiger partial charge is 0.215 e. The monoisotopic (exact) mass is 290 g/mol. The van der Waals surface area contributed by atoms with Gasteiger partial charge in [0.2, 0.25) is 3.79 Å². The van der Waals surface area contributed by atoms with Gasteiger partial charge in [-0.1, -0.05) is 12.1 Å². The Kier molecular flexibility index (Phi) is 3.30. The third-order valence-electron chi connectivity index (χ3n) is 1.41. The van der Waals surface area contributed by atoms with Crippen LogP contribution in [0.15, 0.2) is 24.3 Å². The molecule has 4 heteroatoms. The van der Waals surface area contributed by atoms with Crippen LogP contribution in [0.4, 0.5) is 0 Å². The van der Waals surface area contributed by atoms with Gasteiger partial charge < -0.3 is 10.2 Å². The Morgan fingerprint density at radius 2 is 2.00 bits per heavy atom. The first kappa shape index (κ1) is 10.0. The fourth-order valence-corrected chi connectivity index (χ4v) is 0.986. The number of allylic oxidation sites excluding steroid dienone is 1. The fraction of sp³-hybridized carbons (Fsp3) is 0. The molecule has 0 amide bonds. The molecule has 0 fully saturated rings. The SMILES string of the molecule is O=C(I)/C=C/c1ccc(O)c(O)c1. The van der Waals surface area contributed by atoms with E-state index in [1.165, 1.54) is 18.2 Å². The van der Waals surface area contributed by atoms with Crippen molar-refractivity contribution in [3.05, 3.63) is 29.8 Å². The Labute approximate surface area is 88.8 Å². The van der Waals surface area contributed by atoms with E-state index in [2.05, 4.69) is 0 Å². The second-order valence-electron chi connectivity index (χ2n) is 2.39. The average molecular weight is 290 g/mol. The highest BCUT2D eigenvalue weighted by molar-refractivity contribution is 14.1. The molecule has 2 N–H and O–H groups in total. The molecule has 0 atom stereocenters. The molecular formula is C9H7IO3. The molecule has 0 heterocycles. The zero-order valence-corrected chi connectivity index (χ0v) is 8.72. The van der Waals surface area contributed by atoms with E-state index in [1.807, 2.05) is 0 Å². The van der Waals surface area contributed by atoms with Crippen LogP contribution in [-0.2, 0) is 4.79 Å². The minimum absolute atomic E-state index is 0.0924. The fourth-order valence-electron chi connectivity index (χ4n) is 0.806. The number of phenolic OH excluding ortho intramolecular Hbond substituents is 2. The highest BCUT2D eigenvalue weighted by Gasteiger charge is 1.97. The van der Waals surface area contributed by atoms with Gasteiger partial charge >= 0.3 is 0 Å². The quantitative estimate of drug-likeness (QED) is 0.379. The number of carbonyl (C=O) groups excluding carboxylic acids is 1. The predicted molar refractivity (Wildman–Crippen MR) is 57.8 cm³/mol. The van der Waals surface area contributed by atoms with Gasteiger partial charge in [-0.15, -0.1) is 0 Å². The normalized spacial score (nSPS) is 10.5. The van der Waals surface area contributed by atoms with Crippen LogP contribution in [0.1, 0.15) is 5.56 Å². The van der Waals surface area contributed by atoms with Gasteiger partial charge in [0.15, 0.2) is 11.5 Å². The molecule has 1 aromatic rings. The van der Waals surface area contributed by atoms with Crippen molar-refractivity contribution < 1.29 is 15.0 Å². The molecule has 0 aliphatic rings. The van der Waals surface area contributed by atoms with Gasteiger partial charge in [-0.05, 0) is 23.8 Å². The predicted octanol–water partition coefficient (Wildman–Crippen LogP) is 2.07. The summed E-state index contributed by atoms with van der Waals surface area (Å²) in [6, 6.07) is 4.35. The van der Waals surface area contributed by atoms with Gasteiger partial charge in [-0.25, -0.2) is 0 Å². The summed E-state index contributed by atoms with van der Waals surface area (Å²) in [7, 11) is 0. The second kappa shape index (κ2) is 4.27. The minimum Gasteiger partial charge on any atom is -0.504 e. The van der Waals surface area contributed by atoms with Crippen LogP contribution in [-0.4, -0.2) is 14.0 Å². The molecule has 0 saturated heterocycles. The van der Waals surface area contributed by atoms with E-state index in [9.17, 15) is 4.79 Å². The molecule has 0 saturated carbocycles. The van der Waals surface area contributed by atoms with Gasteiger partial charge in [-0.2, -0.15) is 0 Å². The highest BCUT2D eigenvalue weighted by atomic mass is 127. The zero-order chi connectivity index (χ0) is 9.84. The van der Waals surface area contributed by atoms with Crippen molar-refractivity contribution in [2.24, 2.45) is 0 Å². The van der Waals surface area contributed by atoms with Gasteiger partial charge in [0.25, 0.3) is 0 Å². The number of halogens is 1. The molecule has 0 spiro atoms. The Morgan fingerprint density at radius 1 is 1.31 bits per heavy atom. The lowest BCUT2D eigenvalue weighted by atomic mass is 10.2. The van der Waals surface area contributed by atoms with Gasteiger partial charge in [0, 0.05) is 22.6 Å². The van der Waals surface area contributed by atoms with Crippen molar-refractivity contribution in [2.45, 2.75) is 0 Å². The summed E-state index contributed by atoms with van der Waals surface area (Å²) in [5.74, 6) is -0.360. The first-order valence-corrected chi connectivity index (χ1v) is 4.57. The summed E-state index contributed by atoms with van der Waals surface area (Å²) < 4.78 is -0.0924. The molecule has 1 aromatic carbocycles. The van der Waals surface area contributed by atoms with Gasteiger partial charge in [0.1, 0.15) is 0 Å². The topological polar surface area (TPSA) is 57.5 Å². The third kappa shape index (κ3) is 3.06.